The van der Waals surface area contributed by atoms with Crippen molar-refractivity contribution in [3.8, 4) is 0 Å². The van der Waals surface area contributed by atoms with Gasteiger partial charge in [-0.1, -0.05) is 45.0 Å². The standard InChI is InChI=1S/C20H28N2O2/c1-4-19-13-23-20(24-19,14-22-12-11-21-15-22)10-9-17-5-7-18(8-6-17)16(2)3/h5-8,11-12,15-16,19H,4,9-10,13-14H2,1-3H3. The number of rotatable bonds is 7. The number of hydrogen-bond donors (Lipinski definition) is 0. The molecule has 0 radical (unpaired) electrons. The first kappa shape index (κ1) is 17.2. The average molecular weight is 328 g/mol. The van der Waals surface area contributed by atoms with E-state index < -0.39 is 5.79 Å². The summed E-state index contributed by atoms with van der Waals surface area (Å²) in [6.45, 7) is 7.96. The Morgan fingerprint density at radius 2 is 2.08 bits per heavy atom. The molecule has 4 heteroatoms. The lowest BCUT2D eigenvalue weighted by molar-refractivity contribution is -0.182. The molecule has 2 heterocycles. The van der Waals surface area contributed by atoms with Gasteiger partial charge in [-0.25, -0.2) is 4.98 Å². The quantitative estimate of drug-likeness (QED) is 0.765. The molecular weight excluding hydrogens is 300 g/mol. The molecule has 24 heavy (non-hydrogen) atoms. The average Bonchev–Trinajstić information content (AvgIpc) is 3.24. The molecule has 1 aromatic heterocycles. The van der Waals surface area contributed by atoms with Crippen molar-refractivity contribution < 1.29 is 9.47 Å². The Kier molecular flexibility index (Phi) is 5.36. The predicted molar refractivity (Wildman–Crippen MR) is 94.9 cm³/mol. The Morgan fingerprint density at radius 1 is 1.29 bits per heavy atom. The van der Waals surface area contributed by atoms with E-state index in [-0.39, 0.29) is 6.10 Å². The molecule has 1 aliphatic rings. The zero-order valence-corrected chi connectivity index (χ0v) is 14.9. The molecular formula is C20H28N2O2. The van der Waals surface area contributed by atoms with Crippen LogP contribution in [0.5, 0.6) is 0 Å². The minimum Gasteiger partial charge on any atom is -0.345 e. The third-order valence-corrected chi connectivity index (χ3v) is 4.79. The van der Waals surface area contributed by atoms with Crippen LogP contribution in [0, 0.1) is 0 Å². The van der Waals surface area contributed by atoms with Crippen molar-refractivity contribution in [2.75, 3.05) is 6.61 Å². The van der Waals surface area contributed by atoms with Crippen LogP contribution in [-0.4, -0.2) is 28.0 Å². The van der Waals surface area contributed by atoms with Gasteiger partial charge in [0.2, 0.25) is 0 Å². The molecule has 1 aromatic carbocycles. The maximum Gasteiger partial charge on any atom is 0.187 e. The maximum absolute atomic E-state index is 6.28. The number of benzene rings is 1. The number of hydrogen-bond acceptors (Lipinski definition) is 3. The molecule has 4 nitrogen and oxygen atoms in total. The second kappa shape index (κ2) is 7.49. The highest BCUT2D eigenvalue weighted by atomic mass is 16.7. The summed E-state index contributed by atoms with van der Waals surface area (Å²) in [5, 5.41) is 0. The second-order valence-corrected chi connectivity index (χ2v) is 7.00. The van der Waals surface area contributed by atoms with Gasteiger partial charge in [0.15, 0.2) is 5.79 Å². The van der Waals surface area contributed by atoms with E-state index in [1.165, 1.54) is 11.1 Å². The lowest BCUT2D eigenvalue weighted by Gasteiger charge is -2.28. The first-order chi connectivity index (χ1) is 11.6. The molecule has 0 spiro atoms. The van der Waals surface area contributed by atoms with Gasteiger partial charge in [0, 0.05) is 18.8 Å². The fourth-order valence-electron chi connectivity index (χ4n) is 3.17. The largest absolute Gasteiger partial charge is 0.345 e. The van der Waals surface area contributed by atoms with E-state index in [1.54, 1.807) is 6.20 Å². The van der Waals surface area contributed by atoms with E-state index in [2.05, 4.69) is 50.0 Å². The highest BCUT2D eigenvalue weighted by Gasteiger charge is 2.40. The summed E-state index contributed by atoms with van der Waals surface area (Å²) < 4.78 is 14.5. The molecule has 2 unspecified atom stereocenters. The van der Waals surface area contributed by atoms with Crippen LogP contribution in [0.25, 0.3) is 0 Å². The molecule has 2 atom stereocenters. The summed E-state index contributed by atoms with van der Waals surface area (Å²) in [4.78, 5) is 4.13. The van der Waals surface area contributed by atoms with Crippen molar-refractivity contribution in [1.82, 2.24) is 9.55 Å². The third kappa shape index (κ3) is 4.05. The van der Waals surface area contributed by atoms with Gasteiger partial charge < -0.3 is 14.0 Å². The van der Waals surface area contributed by atoms with Gasteiger partial charge in [-0.05, 0) is 29.9 Å². The number of aryl methyl sites for hydroxylation is 1. The number of aromatic nitrogens is 2. The minimum absolute atomic E-state index is 0.192. The molecule has 0 bridgehead atoms. The molecule has 130 valence electrons. The molecule has 0 aliphatic carbocycles. The normalized spacial score (nSPS) is 23.9. The van der Waals surface area contributed by atoms with Gasteiger partial charge in [0.05, 0.1) is 25.6 Å². The van der Waals surface area contributed by atoms with Crippen LogP contribution in [0.15, 0.2) is 43.0 Å². The Balaban J connectivity index is 1.68. The molecule has 1 fully saturated rings. The van der Waals surface area contributed by atoms with Crippen molar-refractivity contribution in [2.45, 2.75) is 64.4 Å². The summed E-state index contributed by atoms with van der Waals surface area (Å²) in [7, 11) is 0. The zero-order chi connectivity index (χ0) is 17.0. The summed E-state index contributed by atoms with van der Waals surface area (Å²) in [5.74, 6) is 0.0244. The summed E-state index contributed by atoms with van der Waals surface area (Å²) in [6.07, 6.45) is 8.55. The molecule has 2 aromatic rings. The summed E-state index contributed by atoms with van der Waals surface area (Å²) >= 11 is 0. The number of ether oxygens (including phenoxy) is 2. The van der Waals surface area contributed by atoms with Crippen LogP contribution in [0.3, 0.4) is 0 Å². The number of imidazole rings is 1. The third-order valence-electron chi connectivity index (χ3n) is 4.79. The van der Waals surface area contributed by atoms with Crippen LogP contribution < -0.4 is 0 Å². The molecule has 1 saturated heterocycles. The predicted octanol–water partition coefficient (Wildman–Crippen LogP) is 4.16. The van der Waals surface area contributed by atoms with Crippen LogP contribution in [0.1, 0.15) is 50.7 Å². The van der Waals surface area contributed by atoms with Crippen molar-refractivity contribution >= 4 is 0 Å². The van der Waals surface area contributed by atoms with E-state index in [0.29, 0.717) is 19.1 Å². The van der Waals surface area contributed by atoms with Gasteiger partial charge in [-0.3, -0.25) is 0 Å². The minimum atomic E-state index is -0.544. The molecule has 1 aliphatic heterocycles. The topological polar surface area (TPSA) is 36.3 Å². The molecule has 0 amide bonds. The van der Waals surface area contributed by atoms with E-state index in [0.717, 1.165) is 19.3 Å². The van der Waals surface area contributed by atoms with Gasteiger partial charge >= 0.3 is 0 Å². The lowest BCUT2D eigenvalue weighted by Crippen LogP contribution is -2.36. The Labute approximate surface area is 144 Å². The summed E-state index contributed by atoms with van der Waals surface area (Å²) in [6, 6.07) is 8.92. The van der Waals surface area contributed by atoms with E-state index in [4.69, 9.17) is 9.47 Å². The smallest absolute Gasteiger partial charge is 0.187 e. The summed E-state index contributed by atoms with van der Waals surface area (Å²) in [5.41, 5.74) is 2.71. The van der Waals surface area contributed by atoms with E-state index >= 15 is 0 Å². The first-order valence-electron chi connectivity index (χ1n) is 8.96. The fraction of sp³-hybridized carbons (Fsp3) is 0.550. The molecule has 3 rings (SSSR count). The highest BCUT2D eigenvalue weighted by Crippen LogP contribution is 2.32. The maximum atomic E-state index is 6.28. The van der Waals surface area contributed by atoms with Crippen molar-refractivity contribution in [2.24, 2.45) is 0 Å². The fourth-order valence-corrected chi connectivity index (χ4v) is 3.17. The zero-order valence-electron chi connectivity index (χ0n) is 14.9. The lowest BCUT2D eigenvalue weighted by atomic mass is 9.98. The van der Waals surface area contributed by atoms with Gasteiger partial charge in [0.1, 0.15) is 0 Å². The number of nitrogens with zero attached hydrogens (tertiary/aromatic N) is 2. The van der Waals surface area contributed by atoms with Gasteiger partial charge in [-0.15, -0.1) is 0 Å². The van der Waals surface area contributed by atoms with Crippen molar-refractivity contribution in [3.05, 3.63) is 54.1 Å². The van der Waals surface area contributed by atoms with Gasteiger partial charge in [0.25, 0.3) is 0 Å². The van der Waals surface area contributed by atoms with Crippen LogP contribution >= 0.6 is 0 Å². The van der Waals surface area contributed by atoms with E-state index in [1.807, 2.05) is 17.1 Å². The van der Waals surface area contributed by atoms with Crippen molar-refractivity contribution in [3.63, 3.8) is 0 Å². The van der Waals surface area contributed by atoms with Gasteiger partial charge in [-0.2, -0.15) is 0 Å². The molecule has 0 N–H and O–H groups in total. The van der Waals surface area contributed by atoms with Crippen LogP contribution in [0.2, 0.25) is 0 Å². The molecule has 0 saturated carbocycles. The Hall–Kier alpha value is -1.65. The Morgan fingerprint density at radius 3 is 2.67 bits per heavy atom. The van der Waals surface area contributed by atoms with Crippen LogP contribution in [-0.2, 0) is 22.4 Å². The first-order valence-corrected chi connectivity index (χ1v) is 8.96. The van der Waals surface area contributed by atoms with Crippen LogP contribution in [0.4, 0.5) is 0 Å². The van der Waals surface area contributed by atoms with E-state index in [9.17, 15) is 0 Å². The Bertz CT molecular complexity index is 622. The highest BCUT2D eigenvalue weighted by molar-refractivity contribution is 5.24. The van der Waals surface area contributed by atoms with Crippen molar-refractivity contribution in [1.29, 1.82) is 0 Å². The SMILES string of the molecule is CCC1COC(CCc2ccc(C(C)C)cc2)(Cn2ccnc2)O1. The second-order valence-electron chi connectivity index (χ2n) is 7.00. The monoisotopic (exact) mass is 328 g/mol.